The summed E-state index contributed by atoms with van der Waals surface area (Å²) < 4.78 is 5.08. The van der Waals surface area contributed by atoms with E-state index in [0.29, 0.717) is 25.8 Å². The maximum absolute atomic E-state index is 13.3. The second kappa shape index (κ2) is 12.1. The summed E-state index contributed by atoms with van der Waals surface area (Å²) in [7, 11) is 0. The lowest BCUT2D eigenvalue weighted by Crippen LogP contribution is -2.58. The minimum absolute atomic E-state index is 0.264. The molecule has 0 bridgehead atoms. The van der Waals surface area contributed by atoms with Gasteiger partial charge in [0.25, 0.3) is 0 Å². The van der Waals surface area contributed by atoms with Gasteiger partial charge in [-0.3, -0.25) is 19.2 Å². The van der Waals surface area contributed by atoms with Gasteiger partial charge in [-0.15, -0.1) is 0 Å². The molecule has 12 nitrogen and oxygen atoms in total. The molecule has 30 heavy (non-hydrogen) atoms. The molecular weight excluding hydrogens is 398 g/mol. The second-order valence-corrected chi connectivity index (χ2v) is 7.14. The van der Waals surface area contributed by atoms with Gasteiger partial charge in [0.05, 0.1) is 13.1 Å². The van der Waals surface area contributed by atoms with Gasteiger partial charge in [-0.1, -0.05) is 20.3 Å². The Hall–Kier alpha value is -2.73. The van der Waals surface area contributed by atoms with Gasteiger partial charge in [0, 0.05) is 6.54 Å². The molecular formula is C18H31N5O7. The van der Waals surface area contributed by atoms with E-state index in [9.17, 15) is 24.0 Å². The molecule has 0 radical (unpaired) electrons. The average Bonchev–Trinajstić information content (AvgIpc) is 3.19. The zero-order chi connectivity index (χ0) is 22.8. The molecule has 3 atom stereocenters. The Labute approximate surface area is 174 Å². The number of ether oxygens (including phenoxy) is 1. The third-order valence-corrected chi connectivity index (χ3v) is 5.03. The zero-order valence-electron chi connectivity index (χ0n) is 17.3. The maximum atomic E-state index is 13.3. The topological polar surface area (TPSA) is 185 Å². The van der Waals surface area contributed by atoms with Gasteiger partial charge < -0.3 is 36.4 Å². The highest BCUT2D eigenvalue weighted by Crippen LogP contribution is 2.23. The molecule has 1 heterocycles. The molecule has 1 aliphatic rings. The van der Waals surface area contributed by atoms with Gasteiger partial charge in [0.2, 0.25) is 23.6 Å². The van der Waals surface area contributed by atoms with Crippen LogP contribution in [0.3, 0.4) is 0 Å². The van der Waals surface area contributed by atoms with E-state index in [1.807, 2.05) is 6.92 Å². The predicted octanol–water partition coefficient (Wildman–Crippen LogP) is -2.16. The number of carbonyl (C=O) groups is 5. The third kappa shape index (κ3) is 6.95. The van der Waals surface area contributed by atoms with Crippen LogP contribution in [0, 0.1) is 5.92 Å². The molecule has 1 saturated heterocycles. The molecule has 0 aliphatic carbocycles. The molecule has 0 aromatic rings. The minimum Gasteiger partial charge on any atom is -0.480 e. The van der Waals surface area contributed by atoms with E-state index >= 15 is 0 Å². The van der Waals surface area contributed by atoms with Crippen molar-refractivity contribution in [3.63, 3.8) is 0 Å². The molecule has 4 amide bonds. The Morgan fingerprint density at radius 1 is 1.30 bits per heavy atom. The van der Waals surface area contributed by atoms with Gasteiger partial charge in [-0.2, -0.15) is 0 Å². The molecule has 1 rings (SSSR count). The highest BCUT2D eigenvalue weighted by molar-refractivity contribution is 5.93. The minimum atomic E-state index is -1.23. The van der Waals surface area contributed by atoms with Crippen molar-refractivity contribution in [1.29, 1.82) is 0 Å². The SMILES string of the molecule is CC[C@H](C)[C@@H](C(N)=O)N(COCC(=O)O)C(=O)[C@@H]1CCCN1C(=O)CNC(=O)CN. The normalized spacial score (nSPS) is 17.8. The lowest BCUT2D eigenvalue weighted by molar-refractivity contribution is -0.158. The monoisotopic (exact) mass is 429 g/mol. The summed E-state index contributed by atoms with van der Waals surface area (Å²) in [5.74, 6) is -3.80. The quantitative estimate of drug-likeness (QED) is 0.253. The number of rotatable bonds is 12. The summed E-state index contributed by atoms with van der Waals surface area (Å²) in [6.45, 7) is 2.20. The Bertz CT molecular complexity index is 657. The summed E-state index contributed by atoms with van der Waals surface area (Å²) in [6, 6.07) is -1.89. The first kappa shape index (κ1) is 25.3. The van der Waals surface area contributed by atoms with Crippen LogP contribution in [0.25, 0.3) is 0 Å². The van der Waals surface area contributed by atoms with Crippen molar-refractivity contribution in [3.05, 3.63) is 0 Å². The number of nitrogens with zero attached hydrogens (tertiary/aromatic N) is 2. The van der Waals surface area contributed by atoms with Crippen molar-refractivity contribution < 1.29 is 33.8 Å². The highest BCUT2D eigenvalue weighted by Gasteiger charge is 2.41. The fourth-order valence-electron chi connectivity index (χ4n) is 3.34. The van der Waals surface area contributed by atoms with E-state index in [4.69, 9.17) is 21.3 Å². The summed E-state index contributed by atoms with van der Waals surface area (Å²) in [4.78, 5) is 62.4. The molecule has 0 aromatic heterocycles. The number of aliphatic carboxylic acids is 1. The van der Waals surface area contributed by atoms with E-state index in [-0.39, 0.29) is 19.0 Å². The average molecular weight is 429 g/mol. The van der Waals surface area contributed by atoms with E-state index in [0.717, 1.165) is 4.90 Å². The van der Waals surface area contributed by atoms with Crippen molar-refractivity contribution in [3.8, 4) is 0 Å². The zero-order valence-corrected chi connectivity index (χ0v) is 17.3. The number of carbonyl (C=O) groups excluding carboxylic acids is 4. The molecule has 170 valence electrons. The van der Waals surface area contributed by atoms with Crippen LogP contribution in [0.15, 0.2) is 0 Å². The number of hydrogen-bond acceptors (Lipinski definition) is 7. The van der Waals surface area contributed by atoms with Gasteiger partial charge in [-0.25, -0.2) is 4.79 Å². The summed E-state index contributed by atoms with van der Waals surface area (Å²) in [5.41, 5.74) is 10.7. The maximum Gasteiger partial charge on any atom is 0.329 e. The van der Waals surface area contributed by atoms with E-state index in [1.54, 1.807) is 6.92 Å². The number of amides is 4. The van der Waals surface area contributed by atoms with E-state index in [1.165, 1.54) is 4.90 Å². The lowest BCUT2D eigenvalue weighted by Gasteiger charge is -2.36. The van der Waals surface area contributed by atoms with Crippen LogP contribution in [0.5, 0.6) is 0 Å². The van der Waals surface area contributed by atoms with Crippen LogP contribution >= 0.6 is 0 Å². The Morgan fingerprint density at radius 3 is 2.50 bits per heavy atom. The van der Waals surface area contributed by atoms with Crippen molar-refractivity contribution >= 4 is 29.6 Å². The van der Waals surface area contributed by atoms with Crippen LogP contribution in [0.1, 0.15) is 33.1 Å². The Kier molecular flexibility index (Phi) is 10.2. The van der Waals surface area contributed by atoms with E-state index in [2.05, 4.69) is 5.32 Å². The number of nitrogens with one attached hydrogen (secondary N) is 1. The molecule has 0 aromatic carbocycles. The third-order valence-electron chi connectivity index (χ3n) is 5.03. The second-order valence-electron chi connectivity index (χ2n) is 7.14. The number of carboxylic acid groups (broad SMARTS) is 1. The van der Waals surface area contributed by atoms with Crippen molar-refractivity contribution in [2.24, 2.45) is 17.4 Å². The molecule has 0 saturated carbocycles. The van der Waals surface area contributed by atoms with Crippen LogP contribution in [0.4, 0.5) is 0 Å². The number of carboxylic acids is 1. The number of nitrogens with two attached hydrogens (primary N) is 2. The van der Waals surface area contributed by atoms with Crippen molar-refractivity contribution in [1.82, 2.24) is 15.1 Å². The molecule has 12 heteroatoms. The first-order valence-corrected chi connectivity index (χ1v) is 9.79. The molecule has 0 unspecified atom stereocenters. The lowest BCUT2D eigenvalue weighted by atomic mass is 9.96. The number of primary amides is 1. The van der Waals surface area contributed by atoms with Crippen LogP contribution in [0.2, 0.25) is 0 Å². The Balaban J connectivity index is 3.04. The molecule has 6 N–H and O–H groups in total. The Morgan fingerprint density at radius 2 is 1.97 bits per heavy atom. The summed E-state index contributed by atoms with van der Waals surface area (Å²) in [5, 5.41) is 11.2. The van der Waals surface area contributed by atoms with Crippen LogP contribution < -0.4 is 16.8 Å². The van der Waals surface area contributed by atoms with E-state index < -0.39 is 55.0 Å². The standard InChI is InChI=1S/C18H31N5O7/c1-3-11(2)16(17(20)28)23(10-30-9-15(26)27)18(29)12-5-4-6-22(12)14(25)8-21-13(24)7-19/h11-12,16H,3-10,19H2,1-2H3,(H2,20,28)(H,21,24)(H,26,27)/t11-,12-,16-/m0/s1. The smallest absolute Gasteiger partial charge is 0.329 e. The van der Waals surface area contributed by atoms with Crippen molar-refractivity contribution in [2.45, 2.75) is 45.2 Å². The fourth-order valence-corrected chi connectivity index (χ4v) is 3.34. The fraction of sp³-hybridized carbons (Fsp3) is 0.722. The van der Waals surface area contributed by atoms with Gasteiger partial charge >= 0.3 is 5.97 Å². The molecule has 1 aliphatic heterocycles. The molecule has 0 spiro atoms. The predicted molar refractivity (Wildman–Crippen MR) is 105 cm³/mol. The summed E-state index contributed by atoms with van der Waals surface area (Å²) >= 11 is 0. The first-order valence-electron chi connectivity index (χ1n) is 9.79. The first-order chi connectivity index (χ1) is 14.1. The van der Waals surface area contributed by atoms with Gasteiger partial charge in [0.1, 0.15) is 25.4 Å². The highest BCUT2D eigenvalue weighted by atomic mass is 16.5. The molecule has 1 fully saturated rings. The van der Waals surface area contributed by atoms with Crippen LogP contribution in [-0.4, -0.2) is 89.6 Å². The van der Waals surface area contributed by atoms with Crippen molar-refractivity contribution in [2.75, 3.05) is 33.0 Å². The van der Waals surface area contributed by atoms with Gasteiger partial charge in [0.15, 0.2) is 0 Å². The van der Waals surface area contributed by atoms with Crippen LogP contribution in [-0.2, 0) is 28.7 Å². The summed E-state index contributed by atoms with van der Waals surface area (Å²) in [6.07, 6.45) is 1.45. The largest absolute Gasteiger partial charge is 0.480 e. The van der Waals surface area contributed by atoms with Gasteiger partial charge in [-0.05, 0) is 18.8 Å². The number of likely N-dealkylation sites (tertiary alicyclic amines) is 1. The number of hydrogen-bond donors (Lipinski definition) is 4.